The molecule has 3 aliphatic rings. The number of hydrogen-bond donors (Lipinski definition) is 3. The summed E-state index contributed by atoms with van der Waals surface area (Å²) in [5.41, 5.74) is 4.68. The van der Waals surface area contributed by atoms with Crippen LogP contribution >= 0.6 is 0 Å². The van der Waals surface area contributed by atoms with E-state index < -0.39 is 12.1 Å². The molecule has 7 nitrogen and oxygen atoms in total. The molecule has 1 saturated carbocycles. The molecule has 1 fully saturated rings. The predicted molar refractivity (Wildman–Crippen MR) is 131 cm³/mol. The Morgan fingerprint density at radius 2 is 1.60 bits per heavy atom. The van der Waals surface area contributed by atoms with Crippen molar-refractivity contribution in [2.75, 3.05) is 6.61 Å². The third-order valence-corrected chi connectivity index (χ3v) is 7.49. The van der Waals surface area contributed by atoms with Crippen molar-refractivity contribution in [3.05, 3.63) is 71.8 Å². The van der Waals surface area contributed by atoms with Gasteiger partial charge in [-0.2, -0.15) is 0 Å². The quantitative estimate of drug-likeness (QED) is 0.521. The number of rotatable bonds is 7. The molecule has 182 valence electrons. The van der Waals surface area contributed by atoms with Crippen LogP contribution in [0.3, 0.4) is 0 Å². The van der Waals surface area contributed by atoms with Crippen LogP contribution < -0.4 is 10.6 Å². The van der Waals surface area contributed by atoms with Gasteiger partial charge in [0.05, 0.1) is 18.4 Å². The van der Waals surface area contributed by atoms with Crippen LogP contribution in [0, 0.1) is 11.8 Å². The number of ether oxygens (including phenoxy) is 1. The van der Waals surface area contributed by atoms with Crippen LogP contribution in [0.5, 0.6) is 0 Å². The van der Waals surface area contributed by atoms with Crippen LogP contribution in [0.1, 0.15) is 49.1 Å². The summed E-state index contributed by atoms with van der Waals surface area (Å²) in [6.45, 7) is 0.243. The Labute approximate surface area is 204 Å². The number of amides is 2. The Balaban J connectivity index is 1.12. The minimum absolute atomic E-state index is 0.00374. The normalized spacial score (nSPS) is 24.6. The smallest absolute Gasteiger partial charge is 0.407 e. The second-order valence-electron chi connectivity index (χ2n) is 9.71. The molecular weight excluding hydrogens is 444 g/mol. The first-order valence-corrected chi connectivity index (χ1v) is 12.3. The summed E-state index contributed by atoms with van der Waals surface area (Å²) in [6.07, 6.45) is 6.24. The number of carbonyl (C=O) groups is 3. The van der Waals surface area contributed by atoms with E-state index in [-0.39, 0.29) is 48.8 Å². The van der Waals surface area contributed by atoms with Crippen molar-refractivity contribution in [3.8, 4) is 11.1 Å². The van der Waals surface area contributed by atoms with Gasteiger partial charge in [-0.15, -0.1) is 0 Å². The lowest BCUT2D eigenvalue weighted by atomic mass is 9.98. The maximum atomic E-state index is 12.7. The standard InChI is InChI=1S/C28H30N2O5/c31-26(32)15-17-6-5-11-25(17)30-27(33)18-12-13-19(14-18)29-28(34)35-16-24-22-9-3-1-7-20(22)21-8-2-4-10-23(21)24/h1-4,7-10,12-13,17-19,24-25H,5-6,11,14-16H2,(H,29,34)(H,30,33)(H,31,32). The lowest BCUT2D eigenvalue weighted by molar-refractivity contribution is -0.138. The summed E-state index contributed by atoms with van der Waals surface area (Å²) >= 11 is 0. The third kappa shape index (κ3) is 4.94. The maximum Gasteiger partial charge on any atom is 0.407 e. The van der Waals surface area contributed by atoms with Gasteiger partial charge >= 0.3 is 12.1 Å². The summed E-state index contributed by atoms with van der Waals surface area (Å²) in [7, 11) is 0. The molecule has 0 radical (unpaired) electrons. The molecule has 0 heterocycles. The predicted octanol–water partition coefficient (Wildman–Crippen LogP) is 4.23. The lowest BCUT2D eigenvalue weighted by Gasteiger charge is -2.22. The zero-order chi connectivity index (χ0) is 24.4. The molecule has 35 heavy (non-hydrogen) atoms. The minimum atomic E-state index is -0.829. The molecule has 7 heteroatoms. The fourth-order valence-electron chi connectivity index (χ4n) is 5.78. The first-order valence-electron chi connectivity index (χ1n) is 12.3. The number of hydrogen-bond acceptors (Lipinski definition) is 4. The summed E-state index contributed by atoms with van der Waals surface area (Å²) in [4.78, 5) is 36.4. The first kappa shape index (κ1) is 23.1. The molecule has 2 aromatic carbocycles. The topological polar surface area (TPSA) is 105 Å². The van der Waals surface area contributed by atoms with Crippen LogP contribution in [0.4, 0.5) is 4.79 Å². The molecule has 3 aliphatic carbocycles. The molecule has 5 rings (SSSR count). The van der Waals surface area contributed by atoms with E-state index >= 15 is 0 Å². The highest BCUT2D eigenvalue weighted by Gasteiger charge is 2.34. The number of fused-ring (bicyclic) bond motifs is 3. The monoisotopic (exact) mass is 474 g/mol. The van der Waals surface area contributed by atoms with Gasteiger partial charge in [0.25, 0.3) is 0 Å². The molecule has 0 bridgehead atoms. The number of carboxylic acids is 1. The highest BCUT2D eigenvalue weighted by molar-refractivity contribution is 5.82. The third-order valence-electron chi connectivity index (χ3n) is 7.49. The van der Waals surface area contributed by atoms with Crippen molar-refractivity contribution in [1.82, 2.24) is 10.6 Å². The van der Waals surface area contributed by atoms with E-state index in [9.17, 15) is 14.4 Å². The molecule has 3 N–H and O–H groups in total. The van der Waals surface area contributed by atoms with Crippen molar-refractivity contribution in [1.29, 1.82) is 0 Å². The molecular formula is C28H30N2O5. The van der Waals surface area contributed by atoms with Crippen LogP contribution in [-0.2, 0) is 14.3 Å². The van der Waals surface area contributed by atoms with Crippen molar-refractivity contribution in [3.63, 3.8) is 0 Å². The molecule has 2 amide bonds. The highest BCUT2D eigenvalue weighted by Crippen LogP contribution is 2.44. The average molecular weight is 475 g/mol. The Kier molecular flexibility index (Phi) is 6.57. The molecule has 2 aromatic rings. The van der Waals surface area contributed by atoms with E-state index in [1.165, 1.54) is 11.1 Å². The van der Waals surface area contributed by atoms with Crippen LogP contribution in [0.15, 0.2) is 60.7 Å². The highest BCUT2D eigenvalue weighted by atomic mass is 16.5. The van der Waals surface area contributed by atoms with E-state index in [1.807, 2.05) is 36.4 Å². The zero-order valence-corrected chi connectivity index (χ0v) is 19.5. The number of carboxylic acid groups (broad SMARTS) is 1. The van der Waals surface area contributed by atoms with E-state index in [2.05, 4.69) is 34.9 Å². The largest absolute Gasteiger partial charge is 0.481 e. The van der Waals surface area contributed by atoms with Crippen molar-refractivity contribution < 1.29 is 24.2 Å². The van der Waals surface area contributed by atoms with Gasteiger partial charge in [-0.05, 0) is 47.4 Å². The van der Waals surface area contributed by atoms with Gasteiger partial charge in [-0.25, -0.2) is 4.79 Å². The van der Waals surface area contributed by atoms with E-state index in [1.54, 1.807) is 0 Å². The maximum absolute atomic E-state index is 12.7. The van der Waals surface area contributed by atoms with Crippen LogP contribution in [0.25, 0.3) is 11.1 Å². The lowest BCUT2D eigenvalue weighted by Crippen LogP contribution is -2.41. The number of benzene rings is 2. The summed E-state index contributed by atoms with van der Waals surface area (Å²) in [5.74, 6) is -1.31. The first-order chi connectivity index (χ1) is 17.0. The van der Waals surface area contributed by atoms with Gasteiger partial charge in [0.1, 0.15) is 6.61 Å². The van der Waals surface area contributed by atoms with Crippen molar-refractivity contribution in [2.24, 2.45) is 11.8 Å². The number of alkyl carbamates (subject to hydrolysis) is 1. The Hall–Kier alpha value is -3.61. The van der Waals surface area contributed by atoms with Gasteiger partial charge in [-0.1, -0.05) is 67.1 Å². The Bertz CT molecular complexity index is 1110. The summed E-state index contributed by atoms with van der Waals surface area (Å²) in [6, 6.07) is 16.0. The molecule has 0 aliphatic heterocycles. The number of carbonyl (C=O) groups excluding carboxylic acids is 2. The van der Waals surface area contributed by atoms with Crippen molar-refractivity contribution in [2.45, 2.75) is 50.1 Å². The minimum Gasteiger partial charge on any atom is -0.481 e. The second-order valence-corrected chi connectivity index (χ2v) is 9.71. The fraction of sp³-hybridized carbons (Fsp3) is 0.393. The molecule has 0 aromatic heterocycles. The van der Waals surface area contributed by atoms with E-state index in [0.29, 0.717) is 6.42 Å². The summed E-state index contributed by atoms with van der Waals surface area (Å²) in [5, 5.41) is 15.0. The average Bonchev–Trinajstić information content (AvgIpc) is 3.56. The van der Waals surface area contributed by atoms with Gasteiger partial charge in [0.15, 0.2) is 0 Å². The number of nitrogens with one attached hydrogen (secondary N) is 2. The molecule has 4 atom stereocenters. The van der Waals surface area contributed by atoms with Gasteiger partial charge < -0.3 is 20.5 Å². The van der Waals surface area contributed by atoms with E-state index in [4.69, 9.17) is 9.84 Å². The van der Waals surface area contributed by atoms with Crippen LogP contribution in [0.2, 0.25) is 0 Å². The van der Waals surface area contributed by atoms with E-state index in [0.717, 1.165) is 30.4 Å². The summed E-state index contributed by atoms with van der Waals surface area (Å²) < 4.78 is 5.62. The van der Waals surface area contributed by atoms with Gasteiger partial charge in [0, 0.05) is 12.0 Å². The van der Waals surface area contributed by atoms with Gasteiger partial charge in [-0.3, -0.25) is 9.59 Å². The Morgan fingerprint density at radius 1 is 0.914 bits per heavy atom. The zero-order valence-electron chi connectivity index (χ0n) is 19.5. The van der Waals surface area contributed by atoms with Crippen molar-refractivity contribution >= 4 is 18.0 Å². The SMILES string of the molecule is O=C(O)CC1CCCC1NC(=O)C1C=CC(NC(=O)OCC2c3ccccc3-c3ccccc32)C1. The molecule has 4 unspecified atom stereocenters. The number of aliphatic carboxylic acids is 1. The van der Waals surface area contributed by atoms with Gasteiger partial charge in [0.2, 0.25) is 5.91 Å². The fourth-order valence-corrected chi connectivity index (χ4v) is 5.78. The molecule has 0 spiro atoms. The second kappa shape index (κ2) is 9.94. The molecule has 0 saturated heterocycles. The van der Waals surface area contributed by atoms with Crippen LogP contribution in [-0.4, -0.2) is 41.8 Å². The Morgan fingerprint density at radius 3 is 2.29 bits per heavy atom.